The van der Waals surface area contributed by atoms with Crippen molar-refractivity contribution >= 4 is 0 Å². The van der Waals surface area contributed by atoms with Gasteiger partial charge in [0.2, 0.25) is 0 Å². The number of nitrogens with one attached hydrogen (secondary N) is 1. The molecule has 0 spiro atoms. The van der Waals surface area contributed by atoms with Gasteiger partial charge in [0.25, 0.3) is 0 Å². The number of hydrogen-bond donors (Lipinski definition) is 2. The van der Waals surface area contributed by atoms with Crippen LogP contribution in [0.5, 0.6) is 0 Å². The minimum absolute atomic E-state index is 0.347. The maximum Gasteiger partial charge on any atom is 0.0922 e. The SMILES string of the molecule is CC(N)C1CCN(Cc2cnc[nH]2)CC1. The highest BCUT2D eigenvalue weighted by Gasteiger charge is 2.21. The summed E-state index contributed by atoms with van der Waals surface area (Å²) in [4.78, 5) is 9.63. The predicted octanol–water partition coefficient (Wildman–Crippen LogP) is 0.969. The Labute approximate surface area is 90.9 Å². The fourth-order valence-electron chi connectivity index (χ4n) is 2.25. The molecule has 4 nitrogen and oxygen atoms in total. The van der Waals surface area contributed by atoms with Crippen molar-refractivity contribution in [1.29, 1.82) is 0 Å². The molecule has 1 saturated heterocycles. The monoisotopic (exact) mass is 208 g/mol. The fraction of sp³-hybridized carbons (Fsp3) is 0.727. The maximum absolute atomic E-state index is 5.91. The molecule has 1 aliphatic heterocycles. The first kappa shape index (κ1) is 10.6. The lowest BCUT2D eigenvalue weighted by Crippen LogP contribution is -2.39. The molecule has 0 saturated carbocycles. The largest absolute Gasteiger partial charge is 0.347 e. The summed E-state index contributed by atoms with van der Waals surface area (Å²) in [5, 5.41) is 0. The lowest BCUT2D eigenvalue weighted by Gasteiger charge is -2.33. The van der Waals surface area contributed by atoms with Gasteiger partial charge >= 0.3 is 0 Å². The van der Waals surface area contributed by atoms with Crippen LogP contribution in [-0.2, 0) is 6.54 Å². The number of rotatable bonds is 3. The van der Waals surface area contributed by atoms with Crippen molar-refractivity contribution in [2.24, 2.45) is 11.7 Å². The molecule has 1 unspecified atom stereocenters. The molecule has 2 heterocycles. The Kier molecular flexibility index (Phi) is 3.38. The van der Waals surface area contributed by atoms with Crippen molar-refractivity contribution in [1.82, 2.24) is 14.9 Å². The molecule has 1 aromatic heterocycles. The number of likely N-dealkylation sites (tertiary alicyclic amines) is 1. The minimum atomic E-state index is 0.347. The summed E-state index contributed by atoms with van der Waals surface area (Å²) < 4.78 is 0. The van der Waals surface area contributed by atoms with E-state index in [1.54, 1.807) is 6.33 Å². The third-order valence-electron chi connectivity index (χ3n) is 3.32. The summed E-state index contributed by atoms with van der Waals surface area (Å²) in [5.41, 5.74) is 7.12. The second-order valence-electron chi connectivity index (χ2n) is 4.55. The van der Waals surface area contributed by atoms with Crippen LogP contribution in [0.3, 0.4) is 0 Å². The van der Waals surface area contributed by atoms with Gasteiger partial charge in [-0.3, -0.25) is 4.90 Å². The van der Waals surface area contributed by atoms with Crippen molar-refractivity contribution in [3.63, 3.8) is 0 Å². The molecule has 84 valence electrons. The van der Waals surface area contributed by atoms with Crippen LogP contribution in [0, 0.1) is 5.92 Å². The van der Waals surface area contributed by atoms with E-state index in [9.17, 15) is 0 Å². The van der Waals surface area contributed by atoms with E-state index in [1.807, 2.05) is 6.20 Å². The first-order chi connectivity index (χ1) is 7.25. The van der Waals surface area contributed by atoms with E-state index in [1.165, 1.54) is 18.5 Å². The highest BCUT2D eigenvalue weighted by atomic mass is 15.1. The van der Waals surface area contributed by atoms with Gasteiger partial charge < -0.3 is 10.7 Å². The van der Waals surface area contributed by atoms with E-state index >= 15 is 0 Å². The van der Waals surface area contributed by atoms with Gasteiger partial charge in [0.05, 0.1) is 6.33 Å². The third kappa shape index (κ3) is 2.79. The van der Waals surface area contributed by atoms with Crippen molar-refractivity contribution < 1.29 is 0 Å². The molecule has 0 amide bonds. The fourth-order valence-corrected chi connectivity index (χ4v) is 2.25. The quantitative estimate of drug-likeness (QED) is 0.778. The molecular formula is C11H20N4. The molecule has 1 aliphatic rings. The molecule has 0 radical (unpaired) electrons. The Morgan fingerprint density at radius 2 is 2.33 bits per heavy atom. The molecule has 2 rings (SSSR count). The summed E-state index contributed by atoms with van der Waals surface area (Å²) in [6, 6.07) is 0.347. The number of H-pyrrole nitrogens is 1. The minimum Gasteiger partial charge on any atom is -0.347 e. The molecular weight excluding hydrogens is 188 g/mol. The average molecular weight is 208 g/mol. The van der Waals surface area contributed by atoms with Crippen LogP contribution in [0.4, 0.5) is 0 Å². The van der Waals surface area contributed by atoms with Crippen molar-refractivity contribution in [3.8, 4) is 0 Å². The lowest BCUT2D eigenvalue weighted by molar-refractivity contribution is 0.164. The summed E-state index contributed by atoms with van der Waals surface area (Å²) in [6.07, 6.45) is 6.10. The van der Waals surface area contributed by atoms with Crippen LogP contribution in [-0.4, -0.2) is 34.0 Å². The number of aromatic nitrogens is 2. The lowest BCUT2D eigenvalue weighted by atomic mass is 9.91. The Bertz CT molecular complexity index is 273. The van der Waals surface area contributed by atoms with Gasteiger partial charge in [-0.2, -0.15) is 0 Å². The zero-order valence-electron chi connectivity index (χ0n) is 9.32. The summed E-state index contributed by atoms with van der Waals surface area (Å²) in [6.45, 7) is 5.43. The number of piperidine rings is 1. The van der Waals surface area contributed by atoms with Crippen LogP contribution in [0.25, 0.3) is 0 Å². The highest BCUT2D eigenvalue weighted by Crippen LogP contribution is 2.20. The molecule has 1 aromatic rings. The molecule has 1 fully saturated rings. The summed E-state index contributed by atoms with van der Waals surface area (Å²) >= 11 is 0. The average Bonchev–Trinajstić information content (AvgIpc) is 2.71. The Balaban J connectivity index is 1.79. The van der Waals surface area contributed by atoms with Gasteiger partial charge in [-0.05, 0) is 38.8 Å². The Hall–Kier alpha value is -0.870. The van der Waals surface area contributed by atoms with Crippen LogP contribution in [0.1, 0.15) is 25.5 Å². The zero-order chi connectivity index (χ0) is 10.7. The van der Waals surface area contributed by atoms with E-state index in [4.69, 9.17) is 5.73 Å². The molecule has 3 N–H and O–H groups in total. The van der Waals surface area contributed by atoms with Crippen LogP contribution in [0.2, 0.25) is 0 Å². The number of nitrogens with zero attached hydrogens (tertiary/aromatic N) is 2. The van der Waals surface area contributed by atoms with Gasteiger partial charge in [-0.15, -0.1) is 0 Å². The van der Waals surface area contributed by atoms with Crippen molar-refractivity contribution in [2.75, 3.05) is 13.1 Å². The first-order valence-corrected chi connectivity index (χ1v) is 5.71. The summed E-state index contributed by atoms with van der Waals surface area (Å²) in [7, 11) is 0. The van der Waals surface area contributed by atoms with Crippen molar-refractivity contribution in [3.05, 3.63) is 18.2 Å². The summed E-state index contributed by atoms with van der Waals surface area (Å²) in [5.74, 6) is 0.711. The number of hydrogen-bond acceptors (Lipinski definition) is 3. The van der Waals surface area contributed by atoms with Gasteiger partial charge in [-0.25, -0.2) is 4.98 Å². The third-order valence-corrected chi connectivity index (χ3v) is 3.32. The maximum atomic E-state index is 5.91. The second-order valence-corrected chi connectivity index (χ2v) is 4.55. The normalized spacial score (nSPS) is 21.7. The van der Waals surface area contributed by atoms with Crippen LogP contribution < -0.4 is 5.73 Å². The zero-order valence-corrected chi connectivity index (χ0v) is 9.32. The van der Waals surface area contributed by atoms with E-state index in [2.05, 4.69) is 21.8 Å². The first-order valence-electron chi connectivity index (χ1n) is 5.71. The van der Waals surface area contributed by atoms with Crippen molar-refractivity contribution in [2.45, 2.75) is 32.4 Å². The second kappa shape index (κ2) is 4.77. The molecule has 1 atom stereocenters. The molecule has 0 bridgehead atoms. The van der Waals surface area contributed by atoms with Crippen LogP contribution in [0.15, 0.2) is 12.5 Å². The number of aromatic amines is 1. The van der Waals surface area contributed by atoms with Gasteiger partial charge in [0, 0.05) is 24.5 Å². The van der Waals surface area contributed by atoms with Gasteiger partial charge in [0.1, 0.15) is 0 Å². The van der Waals surface area contributed by atoms with E-state index in [0.717, 1.165) is 19.6 Å². The van der Waals surface area contributed by atoms with Gasteiger partial charge in [-0.1, -0.05) is 0 Å². The number of nitrogens with two attached hydrogens (primary N) is 1. The smallest absolute Gasteiger partial charge is 0.0922 e. The molecule has 0 aliphatic carbocycles. The van der Waals surface area contributed by atoms with Crippen LogP contribution >= 0.6 is 0 Å². The number of imidazole rings is 1. The molecule has 0 aromatic carbocycles. The Morgan fingerprint density at radius 3 is 2.87 bits per heavy atom. The molecule has 15 heavy (non-hydrogen) atoms. The predicted molar refractivity (Wildman–Crippen MR) is 60.2 cm³/mol. The van der Waals surface area contributed by atoms with E-state index < -0.39 is 0 Å². The standard InChI is InChI=1S/C11H20N4/c1-9(12)10-2-4-15(5-3-10)7-11-6-13-8-14-11/h6,8-10H,2-5,7,12H2,1H3,(H,13,14). The van der Waals surface area contributed by atoms with E-state index in [0.29, 0.717) is 12.0 Å². The van der Waals surface area contributed by atoms with Gasteiger partial charge in [0.15, 0.2) is 0 Å². The Morgan fingerprint density at radius 1 is 1.60 bits per heavy atom. The molecule has 4 heteroatoms. The van der Waals surface area contributed by atoms with E-state index in [-0.39, 0.29) is 0 Å². The topological polar surface area (TPSA) is 57.9 Å². The highest BCUT2D eigenvalue weighted by molar-refractivity contribution is 4.94.